The largest absolute Gasteiger partial charge is 0.330 e. The number of halogens is 2. The quantitative estimate of drug-likeness (QED) is 0.831. The second-order valence-corrected chi connectivity index (χ2v) is 8.36. The maximum Gasteiger partial charge on any atom is 0.244 e. The summed E-state index contributed by atoms with van der Waals surface area (Å²) in [6.45, 7) is 1.61. The molecule has 19 heavy (non-hydrogen) atoms. The van der Waals surface area contributed by atoms with E-state index in [4.69, 9.17) is 5.73 Å². The molecule has 0 radical (unpaired) electrons. The molecule has 1 fully saturated rings. The normalized spacial score (nSPS) is 21.5. The van der Waals surface area contributed by atoms with Crippen molar-refractivity contribution in [3.8, 4) is 0 Å². The molecule has 106 valence electrons. The average Bonchev–Trinajstić information content (AvgIpc) is 2.41. The number of hydrogen-bond acceptors (Lipinski definition) is 3. The molecule has 0 bridgehead atoms. The van der Waals surface area contributed by atoms with Crippen molar-refractivity contribution < 1.29 is 8.42 Å². The number of rotatable bonds is 3. The third kappa shape index (κ3) is 3.39. The van der Waals surface area contributed by atoms with Crippen LogP contribution < -0.4 is 5.73 Å². The second kappa shape index (κ2) is 6.22. The fourth-order valence-electron chi connectivity index (χ4n) is 2.25. The monoisotopic (exact) mass is 410 g/mol. The molecular formula is C12H16Br2N2O2S. The van der Waals surface area contributed by atoms with E-state index in [9.17, 15) is 8.42 Å². The first kappa shape index (κ1) is 15.4. The molecule has 1 aromatic carbocycles. The topological polar surface area (TPSA) is 63.4 Å². The standard InChI is InChI=1S/C12H16Br2N2O2S/c13-10-3-4-11(14)12(6-10)19(17,18)16-5-1-2-9(7-15)8-16/h3-4,6,9H,1-2,5,7-8,15H2. The van der Waals surface area contributed by atoms with Crippen LogP contribution in [0.15, 0.2) is 32.0 Å². The summed E-state index contributed by atoms with van der Waals surface area (Å²) in [7, 11) is -3.46. The maximum absolute atomic E-state index is 12.7. The van der Waals surface area contributed by atoms with E-state index < -0.39 is 10.0 Å². The van der Waals surface area contributed by atoms with Crippen molar-refractivity contribution >= 4 is 41.9 Å². The lowest BCUT2D eigenvalue weighted by molar-refractivity contribution is 0.271. The van der Waals surface area contributed by atoms with Gasteiger partial charge in [0.2, 0.25) is 10.0 Å². The highest BCUT2D eigenvalue weighted by Crippen LogP contribution is 2.30. The number of hydrogen-bond donors (Lipinski definition) is 1. The van der Waals surface area contributed by atoms with Crippen LogP contribution in [0.25, 0.3) is 0 Å². The molecule has 7 heteroatoms. The van der Waals surface area contributed by atoms with Gasteiger partial charge < -0.3 is 5.73 Å². The first-order chi connectivity index (χ1) is 8.95. The van der Waals surface area contributed by atoms with Gasteiger partial charge in [-0.15, -0.1) is 0 Å². The van der Waals surface area contributed by atoms with Crippen LogP contribution in [-0.4, -0.2) is 32.4 Å². The molecule has 4 nitrogen and oxygen atoms in total. The molecule has 0 aliphatic carbocycles. The van der Waals surface area contributed by atoms with E-state index in [0.717, 1.165) is 17.3 Å². The minimum absolute atomic E-state index is 0.259. The fraction of sp³-hybridized carbons (Fsp3) is 0.500. The van der Waals surface area contributed by atoms with Crippen molar-refractivity contribution in [2.24, 2.45) is 11.7 Å². The van der Waals surface area contributed by atoms with E-state index in [1.165, 1.54) is 0 Å². The first-order valence-electron chi connectivity index (χ1n) is 6.10. The maximum atomic E-state index is 12.7. The second-order valence-electron chi connectivity index (χ2n) is 4.68. The number of sulfonamides is 1. The third-order valence-electron chi connectivity index (χ3n) is 3.33. The lowest BCUT2D eigenvalue weighted by Crippen LogP contribution is -2.42. The highest BCUT2D eigenvalue weighted by atomic mass is 79.9. The number of nitrogens with two attached hydrogens (primary N) is 1. The van der Waals surface area contributed by atoms with Crippen LogP contribution in [0.2, 0.25) is 0 Å². The van der Waals surface area contributed by atoms with Crippen LogP contribution in [0.1, 0.15) is 12.8 Å². The Morgan fingerprint density at radius 1 is 1.37 bits per heavy atom. The Bertz CT molecular complexity index is 563. The molecule has 1 heterocycles. The lowest BCUT2D eigenvalue weighted by atomic mass is 10.0. The molecule has 1 atom stereocenters. The Balaban J connectivity index is 2.34. The highest BCUT2D eigenvalue weighted by molar-refractivity contribution is 9.11. The zero-order valence-electron chi connectivity index (χ0n) is 10.4. The lowest BCUT2D eigenvalue weighted by Gasteiger charge is -2.31. The van der Waals surface area contributed by atoms with Gasteiger partial charge in [0, 0.05) is 22.0 Å². The van der Waals surface area contributed by atoms with Crippen LogP contribution in [0.5, 0.6) is 0 Å². The SMILES string of the molecule is NCC1CCCN(S(=O)(=O)c2cc(Br)ccc2Br)C1. The Kier molecular flexibility index (Phi) is 5.05. The van der Waals surface area contributed by atoms with Gasteiger partial charge in [-0.05, 0) is 59.4 Å². The van der Waals surface area contributed by atoms with Crippen LogP contribution >= 0.6 is 31.9 Å². The highest BCUT2D eigenvalue weighted by Gasteiger charge is 2.31. The molecule has 2 N–H and O–H groups in total. The van der Waals surface area contributed by atoms with Crippen molar-refractivity contribution in [2.45, 2.75) is 17.7 Å². The van der Waals surface area contributed by atoms with Gasteiger partial charge in [-0.25, -0.2) is 8.42 Å². The summed E-state index contributed by atoms with van der Waals surface area (Å²) in [5.41, 5.74) is 5.66. The van der Waals surface area contributed by atoms with Crippen molar-refractivity contribution in [1.82, 2.24) is 4.31 Å². The van der Waals surface area contributed by atoms with Gasteiger partial charge in [0.15, 0.2) is 0 Å². The van der Waals surface area contributed by atoms with E-state index in [1.807, 2.05) is 6.07 Å². The summed E-state index contributed by atoms with van der Waals surface area (Å²) in [6.07, 6.45) is 1.87. The van der Waals surface area contributed by atoms with E-state index in [2.05, 4.69) is 31.9 Å². The molecule has 0 saturated carbocycles. The Hall–Kier alpha value is 0.0500. The Labute approximate surface area is 130 Å². The summed E-state index contributed by atoms with van der Waals surface area (Å²) in [4.78, 5) is 0.305. The minimum Gasteiger partial charge on any atom is -0.330 e. The molecule has 2 rings (SSSR count). The zero-order valence-corrected chi connectivity index (χ0v) is 14.3. The minimum atomic E-state index is -3.46. The summed E-state index contributed by atoms with van der Waals surface area (Å²) in [5.74, 6) is 0.259. The molecular weight excluding hydrogens is 396 g/mol. The molecule has 1 aromatic rings. The Morgan fingerprint density at radius 2 is 2.11 bits per heavy atom. The predicted octanol–water partition coefficient (Wildman–Crippen LogP) is 2.57. The fourth-order valence-corrected chi connectivity index (χ4v) is 5.27. The van der Waals surface area contributed by atoms with Crippen molar-refractivity contribution in [1.29, 1.82) is 0 Å². The van der Waals surface area contributed by atoms with E-state index >= 15 is 0 Å². The van der Waals surface area contributed by atoms with Crippen LogP contribution in [0.3, 0.4) is 0 Å². The number of piperidine rings is 1. The van der Waals surface area contributed by atoms with E-state index in [0.29, 0.717) is 29.0 Å². The number of benzene rings is 1. The smallest absolute Gasteiger partial charge is 0.244 e. The molecule has 0 spiro atoms. The third-order valence-corrected chi connectivity index (χ3v) is 6.68. The van der Waals surface area contributed by atoms with Gasteiger partial charge in [0.25, 0.3) is 0 Å². The molecule has 0 amide bonds. The van der Waals surface area contributed by atoms with Crippen molar-refractivity contribution in [3.63, 3.8) is 0 Å². The van der Waals surface area contributed by atoms with Crippen molar-refractivity contribution in [3.05, 3.63) is 27.1 Å². The van der Waals surface area contributed by atoms with Gasteiger partial charge in [-0.3, -0.25) is 0 Å². The molecule has 1 unspecified atom stereocenters. The Morgan fingerprint density at radius 3 is 2.79 bits per heavy atom. The van der Waals surface area contributed by atoms with Gasteiger partial charge in [0.05, 0.1) is 4.90 Å². The zero-order chi connectivity index (χ0) is 14.0. The van der Waals surface area contributed by atoms with Crippen LogP contribution in [0.4, 0.5) is 0 Å². The van der Waals surface area contributed by atoms with Gasteiger partial charge in [-0.1, -0.05) is 15.9 Å². The van der Waals surface area contributed by atoms with E-state index in [1.54, 1.807) is 16.4 Å². The molecule has 1 saturated heterocycles. The summed E-state index contributed by atoms with van der Waals surface area (Å²) in [5, 5.41) is 0. The number of nitrogens with zero attached hydrogens (tertiary/aromatic N) is 1. The summed E-state index contributed by atoms with van der Waals surface area (Å²) in [6, 6.07) is 5.18. The average molecular weight is 412 g/mol. The van der Waals surface area contributed by atoms with Gasteiger partial charge in [0.1, 0.15) is 0 Å². The molecule has 1 aliphatic rings. The van der Waals surface area contributed by atoms with Gasteiger partial charge in [-0.2, -0.15) is 4.31 Å². The van der Waals surface area contributed by atoms with E-state index in [-0.39, 0.29) is 5.92 Å². The van der Waals surface area contributed by atoms with Crippen LogP contribution in [-0.2, 0) is 10.0 Å². The summed E-state index contributed by atoms with van der Waals surface area (Å²) < 4.78 is 28.2. The van der Waals surface area contributed by atoms with Crippen molar-refractivity contribution in [2.75, 3.05) is 19.6 Å². The van der Waals surface area contributed by atoms with Gasteiger partial charge >= 0.3 is 0 Å². The summed E-state index contributed by atoms with van der Waals surface area (Å²) >= 11 is 6.63. The first-order valence-corrected chi connectivity index (χ1v) is 9.13. The predicted molar refractivity (Wildman–Crippen MR) is 82.4 cm³/mol. The molecule has 1 aliphatic heterocycles. The van der Waals surface area contributed by atoms with Crippen LogP contribution in [0, 0.1) is 5.92 Å². The molecule has 0 aromatic heterocycles.